The van der Waals surface area contributed by atoms with Gasteiger partial charge in [0.15, 0.2) is 0 Å². The van der Waals surface area contributed by atoms with E-state index in [0.29, 0.717) is 13.0 Å². The molecule has 0 saturated heterocycles. The van der Waals surface area contributed by atoms with Crippen molar-refractivity contribution >= 4 is 10.1 Å². The predicted molar refractivity (Wildman–Crippen MR) is 127 cm³/mol. The van der Waals surface area contributed by atoms with Gasteiger partial charge in [-0.2, -0.15) is 8.42 Å². The minimum Gasteiger partial charge on any atom is -0.379 e. The summed E-state index contributed by atoms with van der Waals surface area (Å²) in [5.41, 5.74) is 0. The van der Waals surface area contributed by atoms with Crippen molar-refractivity contribution in [3.63, 3.8) is 0 Å². The molecule has 6 heteroatoms. The first kappa shape index (κ1) is 29.8. The summed E-state index contributed by atoms with van der Waals surface area (Å²) in [6.07, 6.45) is 23.3. The maximum absolute atomic E-state index is 10.9. The maximum Gasteiger partial charge on any atom is 0.264 e. The van der Waals surface area contributed by atoms with Crippen molar-refractivity contribution < 1.29 is 22.1 Å². The second kappa shape index (κ2) is 22.0. The molecule has 0 amide bonds. The lowest BCUT2D eigenvalue weighted by Gasteiger charge is -2.15. The molecule has 30 heavy (non-hydrogen) atoms. The van der Waals surface area contributed by atoms with Crippen LogP contribution < -0.4 is 0 Å². The average Bonchev–Trinajstić information content (AvgIpc) is 2.70. The summed E-state index contributed by atoms with van der Waals surface area (Å²) >= 11 is 0. The van der Waals surface area contributed by atoms with E-state index in [1.54, 1.807) is 7.11 Å². The predicted octanol–water partition coefficient (Wildman–Crippen LogP) is 6.65. The van der Waals surface area contributed by atoms with Gasteiger partial charge >= 0.3 is 0 Å². The van der Waals surface area contributed by atoms with Crippen molar-refractivity contribution in [2.75, 3.05) is 33.2 Å². The lowest BCUT2D eigenvalue weighted by Crippen LogP contribution is -2.21. The highest BCUT2D eigenvalue weighted by atomic mass is 32.2. The SMILES string of the molecule is CCCCCCCCCCCCCCCCCCOCC(CCOS(C)(=O)=O)OC. The number of unbranched alkanes of at least 4 members (excludes halogenated alkanes) is 15. The van der Waals surface area contributed by atoms with Gasteiger partial charge in [-0.05, 0) is 6.42 Å². The molecule has 0 heterocycles. The Morgan fingerprint density at radius 2 is 1.10 bits per heavy atom. The van der Waals surface area contributed by atoms with Gasteiger partial charge in [-0.15, -0.1) is 0 Å². The fourth-order valence-electron chi connectivity index (χ4n) is 3.57. The molecule has 182 valence electrons. The zero-order valence-electron chi connectivity index (χ0n) is 20.2. The molecule has 0 aromatic heterocycles. The highest BCUT2D eigenvalue weighted by Crippen LogP contribution is 2.13. The van der Waals surface area contributed by atoms with Crippen LogP contribution in [-0.4, -0.2) is 47.7 Å². The largest absolute Gasteiger partial charge is 0.379 e. The normalized spacial score (nSPS) is 13.0. The summed E-state index contributed by atoms with van der Waals surface area (Å²) < 4.78 is 37.6. The van der Waals surface area contributed by atoms with E-state index in [9.17, 15) is 8.42 Å². The van der Waals surface area contributed by atoms with Crippen LogP contribution in [0.1, 0.15) is 116 Å². The van der Waals surface area contributed by atoms with Gasteiger partial charge in [0.1, 0.15) is 0 Å². The standard InChI is InChI=1S/C24H50O5S/c1-4-5-6-7-8-9-10-11-12-13-14-15-16-17-18-19-21-28-23-24(27-2)20-22-29-30(3,25)26/h24H,4-23H2,1-3H3. The lowest BCUT2D eigenvalue weighted by atomic mass is 10.0. The summed E-state index contributed by atoms with van der Waals surface area (Å²) in [5.74, 6) is 0. The third-order valence-electron chi connectivity index (χ3n) is 5.52. The van der Waals surface area contributed by atoms with Gasteiger partial charge in [-0.3, -0.25) is 4.18 Å². The molecule has 1 unspecified atom stereocenters. The van der Waals surface area contributed by atoms with E-state index >= 15 is 0 Å². The summed E-state index contributed by atoms with van der Waals surface area (Å²) in [6, 6.07) is 0. The Bertz CT molecular complexity index is 439. The van der Waals surface area contributed by atoms with E-state index in [2.05, 4.69) is 6.92 Å². The van der Waals surface area contributed by atoms with E-state index in [1.165, 1.54) is 96.3 Å². The molecule has 0 rings (SSSR count). The van der Waals surface area contributed by atoms with Crippen molar-refractivity contribution in [2.24, 2.45) is 0 Å². The Morgan fingerprint density at radius 1 is 0.667 bits per heavy atom. The second-order valence-electron chi connectivity index (χ2n) is 8.55. The third-order valence-corrected chi connectivity index (χ3v) is 6.11. The summed E-state index contributed by atoms with van der Waals surface area (Å²) in [7, 11) is -1.76. The Hall–Kier alpha value is -0.170. The smallest absolute Gasteiger partial charge is 0.264 e. The van der Waals surface area contributed by atoms with Crippen LogP contribution in [0, 0.1) is 0 Å². The van der Waals surface area contributed by atoms with Crippen molar-refractivity contribution in [2.45, 2.75) is 122 Å². The van der Waals surface area contributed by atoms with Crippen LogP contribution in [0.25, 0.3) is 0 Å². The first-order valence-electron chi connectivity index (χ1n) is 12.4. The fourth-order valence-corrected chi connectivity index (χ4v) is 3.97. The average molecular weight is 451 g/mol. The van der Waals surface area contributed by atoms with Crippen molar-refractivity contribution in [1.82, 2.24) is 0 Å². The molecule has 0 N–H and O–H groups in total. The molecule has 0 aliphatic heterocycles. The van der Waals surface area contributed by atoms with Gasteiger partial charge in [0.2, 0.25) is 0 Å². The topological polar surface area (TPSA) is 61.8 Å². The number of methoxy groups -OCH3 is 1. The molecule has 0 aliphatic carbocycles. The van der Waals surface area contributed by atoms with Crippen LogP contribution in [0.3, 0.4) is 0 Å². The van der Waals surface area contributed by atoms with E-state index < -0.39 is 10.1 Å². The first-order chi connectivity index (χ1) is 14.5. The highest BCUT2D eigenvalue weighted by molar-refractivity contribution is 7.85. The first-order valence-corrected chi connectivity index (χ1v) is 14.3. The maximum atomic E-state index is 10.9. The number of hydrogen-bond donors (Lipinski definition) is 0. The van der Waals surface area contributed by atoms with Gasteiger partial charge in [-0.1, -0.05) is 103 Å². The molecule has 1 atom stereocenters. The molecular weight excluding hydrogens is 400 g/mol. The number of rotatable bonds is 24. The second-order valence-corrected chi connectivity index (χ2v) is 10.2. The molecule has 0 aliphatic rings. The van der Waals surface area contributed by atoms with Gasteiger partial charge in [0.05, 0.1) is 25.6 Å². The van der Waals surface area contributed by atoms with Gasteiger partial charge in [-0.25, -0.2) is 0 Å². The summed E-state index contributed by atoms with van der Waals surface area (Å²) in [6.45, 7) is 3.65. The van der Waals surface area contributed by atoms with E-state index in [4.69, 9.17) is 13.7 Å². The van der Waals surface area contributed by atoms with Crippen LogP contribution in [0.5, 0.6) is 0 Å². The fraction of sp³-hybridized carbons (Fsp3) is 1.00. The quantitative estimate of drug-likeness (QED) is 0.122. The van der Waals surface area contributed by atoms with Crippen LogP contribution in [-0.2, 0) is 23.8 Å². The van der Waals surface area contributed by atoms with Crippen LogP contribution >= 0.6 is 0 Å². The Balaban J connectivity index is 3.25. The summed E-state index contributed by atoms with van der Waals surface area (Å²) in [5, 5.41) is 0. The zero-order chi connectivity index (χ0) is 22.3. The molecule has 0 aromatic carbocycles. The van der Waals surface area contributed by atoms with E-state index in [-0.39, 0.29) is 12.7 Å². The van der Waals surface area contributed by atoms with Crippen LogP contribution in [0.2, 0.25) is 0 Å². The van der Waals surface area contributed by atoms with E-state index in [0.717, 1.165) is 19.3 Å². The van der Waals surface area contributed by atoms with Gasteiger partial charge < -0.3 is 9.47 Å². The Labute approximate surface area is 187 Å². The molecule has 0 radical (unpaired) electrons. The lowest BCUT2D eigenvalue weighted by molar-refractivity contribution is -0.00210. The molecule has 0 fully saturated rings. The van der Waals surface area contributed by atoms with Gasteiger partial charge in [0, 0.05) is 20.1 Å². The molecule has 0 spiro atoms. The van der Waals surface area contributed by atoms with Crippen molar-refractivity contribution in [1.29, 1.82) is 0 Å². The number of ether oxygens (including phenoxy) is 2. The summed E-state index contributed by atoms with van der Waals surface area (Å²) in [4.78, 5) is 0. The Morgan fingerprint density at radius 3 is 1.50 bits per heavy atom. The molecular formula is C24H50O5S. The van der Waals surface area contributed by atoms with Gasteiger partial charge in [0.25, 0.3) is 10.1 Å². The van der Waals surface area contributed by atoms with Crippen LogP contribution in [0.15, 0.2) is 0 Å². The minimum atomic E-state index is -3.38. The third kappa shape index (κ3) is 24.1. The van der Waals surface area contributed by atoms with Crippen LogP contribution in [0.4, 0.5) is 0 Å². The molecule has 0 bridgehead atoms. The highest BCUT2D eigenvalue weighted by Gasteiger charge is 2.10. The number of hydrogen-bond acceptors (Lipinski definition) is 5. The van der Waals surface area contributed by atoms with E-state index in [1.807, 2.05) is 0 Å². The van der Waals surface area contributed by atoms with Crippen molar-refractivity contribution in [3.8, 4) is 0 Å². The van der Waals surface area contributed by atoms with Crippen molar-refractivity contribution in [3.05, 3.63) is 0 Å². The molecule has 0 aromatic rings. The zero-order valence-corrected chi connectivity index (χ0v) is 21.0. The molecule has 0 saturated carbocycles. The minimum absolute atomic E-state index is 0.118. The molecule has 5 nitrogen and oxygen atoms in total. The monoisotopic (exact) mass is 450 g/mol. The Kier molecular flexibility index (Phi) is 21.9.